The van der Waals surface area contributed by atoms with Crippen LogP contribution in [0.4, 0.5) is 0 Å². The molecule has 0 saturated heterocycles. The van der Waals surface area contributed by atoms with E-state index in [0.717, 1.165) is 101 Å². The van der Waals surface area contributed by atoms with Crippen molar-refractivity contribution in [2.45, 2.75) is 76.4 Å². The summed E-state index contributed by atoms with van der Waals surface area (Å²) >= 11 is 0. The van der Waals surface area contributed by atoms with Gasteiger partial charge < -0.3 is 33.9 Å². The normalized spacial score (nSPS) is 19.9. The molecule has 8 rings (SSSR count). The highest BCUT2D eigenvalue weighted by atomic mass is 35.5. The molecule has 344 valence electrons. The first-order valence-electron chi connectivity index (χ1n) is 21.7. The summed E-state index contributed by atoms with van der Waals surface area (Å²) in [6.07, 6.45) is 9.10. The second-order valence-corrected chi connectivity index (χ2v) is 17.8. The van der Waals surface area contributed by atoms with Crippen LogP contribution in [-0.4, -0.2) is 96.2 Å². The van der Waals surface area contributed by atoms with Crippen molar-refractivity contribution in [1.29, 1.82) is 0 Å². The minimum absolute atomic E-state index is 0. The number of rotatable bonds is 12. The molecule has 0 aliphatic carbocycles. The Hall–Kier alpha value is -4.06. The average Bonchev–Trinajstić information content (AvgIpc) is 3.29. The van der Waals surface area contributed by atoms with E-state index < -0.39 is 0 Å². The first-order valence-corrected chi connectivity index (χ1v) is 21.7. The summed E-state index contributed by atoms with van der Waals surface area (Å²) in [5.74, 6) is 3.13. The topological polar surface area (TPSA) is 93.4 Å². The summed E-state index contributed by atoms with van der Waals surface area (Å²) in [7, 11) is 6.78. The van der Waals surface area contributed by atoms with E-state index in [1.54, 1.807) is 28.4 Å². The maximum atomic E-state index is 6.34. The molecule has 0 amide bonds. The molecule has 0 fully saturated rings. The molecular weight excluding hydrogens is 835 g/mol. The molecule has 63 heavy (non-hydrogen) atoms. The Morgan fingerprint density at radius 1 is 0.540 bits per heavy atom. The van der Waals surface area contributed by atoms with Gasteiger partial charge in [0.15, 0.2) is 23.0 Å². The Labute approximate surface area is 388 Å². The van der Waals surface area contributed by atoms with Gasteiger partial charge in [-0.1, -0.05) is 101 Å². The highest BCUT2D eigenvalue weighted by Gasteiger charge is 2.36. The highest BCUT2D eigenvalue weighted by molar-refractivity contribution is 5.85. The molecule has 0 spiro atoms. The van der Waals surface area contributed by atoms with Gasteiger partial charge in [0.2, 0.25) is 0 Å². The third-order valence-corrected chi connectivity index (χ3v) is 12.8. The number of methoxy groups -OCH3 is 4. The average molecular weight is 906 g/mol. The molecule has 9 nitrogen and oxygen atoms in total. The predicted octanol–water partition coefficient (Wildman–Crippen LogP) is 10.5. The Morgan fingerprint density at radius 3 is 1.21 bits per heavy atom. The van der Waals surface area contributed by atoms with Crippen LogP contribution in [0.3, 0.4) is 0 Å². The predicted molar refractivity (Wildman–Crippen MR) is 261 cm³/mol. The monoisotopic (exact) mass is 904 g/mol. The molecule has 2 unspecified atom stereocenters. The lowest BCUT2D eigenvalue weighted by atomic mass is 9.78. The second kappa shape index (κ2) is 23.2. The van der Waals surface area contributed by atoms with Crippen molar-refractivity contribution in [3.05, 3.63) is 130 Å². The van der Waals surface area contributed by atoms with Crippen molar-refractivity contribution in [3.8, 4) is 23.0 Å². The van der Waals surface area contributed by atoms with Crippen LogP contribution in [0.1, 0.15) is 99.0 Å². The van der Waals surface area contributed by atoms with Crippen LogP contribution in [0.2, 0.25) is 0 Å². The third kappa shape index (κ3) is 12.2. The van der Waals surface area contributed by atoms with Crippen LogP contribution in [0.15, 0.2) is 97.1 Å². The fraction of sp³-hybridized carbons (Fsp3) is 0.462. The van der Waals surface area contributed by atoms with Gasteiger partial charge in [-0.15, -0.1) is 24.8 Å². The molecule has 0 aromatic heterocycles. The lowest BCUT2D eigenvalue weighted by Crippen LogP contribution is -2.35. The Balaban J connectivity index is 0.000000264. The van der Waals surface area contributed by atoms with E-state index in [9.17, 15) is 0 Å². The van der Waals surface area contributed by atoms with Crippen LogP contribution in [0.5, 0.6) is 23.0 Å². The molecule has 4 heterocycles. The number of hydrogen-bond donors (Lipinski definition) is 0. The minimum Gasteiger partial charge on any atom is -0.493 e. The molecule has 0 saturated carbocycles. The molecule has 4 aromatic rings. The molecular formula is C52H70Cl2N2O7. The number of fused-ring (bicyclic) bond motifs is 2. The van der Waals surface area contributed by atoms with Crippen LogP contribution in [0, 0.1) is 0 Å². The summed E-state index contributed by atoms with van der Waals surface area (Å²) in [6.45, 7) is 16.6. The molecule has 0 bridgehead atoms. The first kappa shape index (κ1) is 51.6. The fourth-order valence-electron chi connectivity index (χ4n) is 9.18. The van der Waals surface area contributed by atoms with Crippen LogP contribution in [-0.2, 0) is 20.3 Å². The van der Waals surface area contributed by atoms with E-state index in [0.29, 0.717) is 0 Å². The maximum absolute atomic E-state index is 6.34. The molecule has 2 N–H and O–H groups in total. The summed E-state index contributed by atoms with van der Waals surface area (Å²) in [6, 6.07) is 29.9. The van der Waals surface area contributed by atoms with Crippen molar-refractivity contribution < 1.29 is 33.9 Å². The standard InChI is InChI=1S/2C26H33NO3.2ClH.H2O/c2*1-26(2)18-30-23(21-16-24(28-3)25(29-4)17-22(21)26)12-15-27-13-10-20(11-14-27)19-8-6-5-7-9-19;;;/h2*5-10,16-17,23H,11-15,18H2,1-4H3;2*1H;1H2. The highest BCUT2D eigenvalue weighted by Crippen LogP contribution is 2.46. The molecule has 4 aromatic carbocycles. The van der Waals surface area contributed by atoms with Gasteiger partial charge in [-0.3, -0.25) is 9.80 Å². The van der Waals surface area contributed by atoms with Gasteiger partial charge in [0.25, 0.3) is 0 Å². The van der Waals surface area contributed by atoms with Gasteiger partial charge in [-0.05, 0) is 94.5 Å². The van der Waals surface area contributed by atoms with Crippen LogP contribution < -0.4 is 18.9 Å². The lowest BCUT2D eigenvalue weighted by Gasteiger charge is -2.38. The molecule has 0 radical (unpaired) electrons. The Bertz CT molecular complexity index is 1980. The van der Waals surface area contributed by atoms with Gasteiger partial charge in [0.1, 0.15) is 0 Å². The third-order valence-electron chi connectivity index (χ3n) is 12.8. The zero-order chi connectivity index (χ0) is 42.3. The van der Waals surface area contributed by atoms with Gasteiger partial charge in [-0.25, -0.2) is 0 Å². The summed E-state index contributed by atoms with van der Waals surface area (Å²) in [5.41, 5.74) is 10.6. The fourth-order valence-corrected chi connectivity index (χ4v) is 9.18. The van der Waals surface area contributed by atoms with Crippen molar-refractivity contribution in [2.75, 3.05) is 80.9 Å². The first-order chi connectivity index (χ1) is 29.0. The van der Waals surface area contributed by atoms with Gasteiger partial charge in [0.05, 0.1) is 53.9 Å². The molecule has 4 aliphatic rings. The van der Waals surface area contributed by atoms with E-state index in [4.69, 9.17) is 28.4 Å². The number of ether oxygens (including phenoxy) is 6. The van der Waals surface area contributed by atoms with E-state index in [1.165, 1.54) is 44.5 Å². The summed E-state index contributed by atoms with van der Waals surface area (Å²) in [5, 5.41) is 0. The maximum Gasteiger partial charge on any atom is 0.161 e. The zero-order valence-electron chi connectivity index (χ0n) is 38.5. The second-order valence-electron chi connectivity index (χ2n) is 17.8. The quantitative estimate of drug-likeness (QED) is 0.139. The van der Waals surface area contributed by atoms with Gasteiger partial charge >= 0.3 is 0 Å². The van der Waals surface area contributed by atoms with E-state index in [1.807, 2.05) is 0 Å². The van der Waals surface area contributed by atoms with E-state index in [2.05, 4.69) is 135 Å². The number of halogens is 2. The van der Waals surface area contributed by atoms with Crippen LogP contribution in [0.25, 0.3) is 11.1 Å². The smallest absolute Gasteiger partial charge is 0.161 e. The van der Waals surface area contributed by atoms with Gasteiger partial charge in [0, 0.05) is 50.1 Å². The molecule has 4 aliphatic heterocycles. The Kier molecular flexibility index (Phi) is 19.0. The number of nitrogens with zero attached hydrogens (tertiary/aromatic N) is 2. The minimum atomic E-state index is -0.0379. The van der Waals surface area contributed by atoms with E-state index in [-0.39, 0.29) is 53.3 Å². The van der Waals surface area contributed by atoms with Crippen molar-refractivity contribution in [1.82, 2.24) is 9.80 Å². The zero-order valence-corrected chi connectivity index (χ0v) is 40.2. The van der Waals surface area contributed by atoms with Crippen molar-refractivity contribution in [2.24, 2.45) is 0 Å². The summed E-state index contributed by atoms with van der Waals surface area (Å²) in [4.78, 5) is 5.05. The van der Waals surface area contributed by atoms with E-state index >= 15 is 0 Å². The van der Waals surface area contributed by atoms with Gasteiger partial charge in [-0.2, -0.15) is 0 Å². The number of benzene rings is 4. The Morgan fingerprint density at radius 2 is 0.889 bits per heavy atom. The molecule has 2 atom stereocenters. The van der Waals surface area contributed by atoms with Crippen LogP contribution >= 0.6 is 24.8 Å². The number of hydrogen-bond acceptors (Lipinski definition) is 8. The SMILES string of the molecule is COc1cc2c(cc1OC)C(C)(C)COC2CCN1CC=C(c2ccccc2)CC1.COc1cc2c(cc1OC)C(C)(C)COC2CCN1CC=C(c2ccccc2)CC1.Cl.Cl.O. The van der Waals surface area contributed by atoms with Crippen molar-refractivity contribution in [3.63, 3.8) is 0 Å². The van der Waals surface area contributed by atoms with Crippen molar-refractivity contribution >= 4 is 36.0 Å². The largest absolute Gasteiger partial charge is 0.493 e. The lowest BCUT2D eigenvalue weighted by molar-refractivity contribution is -0.00288. The molecule has 11 heteroatoms. The summed E-state index contributed by atoms with van der Waals surface area (Å²) < 4.78 is 34.9.